The molecule has 0 unspecified atom stereocenters. The van der Waals surface area contributed by atoms with E-state index in [1.807, 2.05) is 18.2 Å². The minimum absolute atomic E-state index is 0.742. The maximum atomic E-state index is 11.9. The summed E-state index contributed by atoms with van der Waals surface area (Å²) in [6.45, 7) is 0. The second-order valence-corrected chi connectivity index (χ2v) is 7.54. The van der Waals surface area contributed by atoms with E-state index in [-0.39, 0.29) is 0 Å². The van der Waals surface area contributed by atoms with Gasteiger partial charge in [-0.1, -0.05) is 15.9 Å². The zero-order valence-electron chi connectivity index (χ0n) is 7.37. The van der Waals surface area contributed by atoms with Crippen molar-refractivity contribution in [1.29, 1.82) is 0 Å². The first kappa shape index (κ1) is 10.6. The summed E-state index contributed by atoms with van der Waals surface area (Å²) in [5.41, 5.74) is 0.782. The number of hydrogen-bond donors (Lipinski definition) is 0. The standard InChI is InChI=1S/C9H9Br2NOS/c10-7-2-3-8(11)9(6-7)12-14(13)4-1-5-14/h2-3,6H,1,4-5H2. The first-order valence-corrected chi connectivity index (χ1v) is 7.71. The lowest BCUT2D eigenvalue weighted by atomic mass is 10.3. The van der Waals surface area contributed by atoms with Gasteiger partial charge in [0.15, 0.2) is 0 Å². The lowest BCUT2D eigenvalue weighted by Gasteiger charge is -2.18. The Hall–Kier alpha value is 0.130. The molecule has 14 heavy (non-hydrogen) atoms. The van der Waals surface area contributed by atoms with E-state index in [2.05, 4.69) is 36.2 Å². The third-order valence-electron chi connectivity index (χ3n) is 2.10. The van der Waals surface area contributed by atoms with Crippen molar-refractivity contribution in [3.8, 4) is 0 Å². The molecule has 1 aliphatic rings. The second-order valence-electron chi connectivity index (χ2n) is 3.22. The summed E-state index contributed by atoms with van der Waals surface area (Å²) >= 11 is 6.77. The maximum Gasteiger partial charge on any atom is 0.0883 e. The van der Waals surface area contributed by atoms with Crippen molar-refractivity contribution in [3.63, 3.8) is 0 Å². The van der Waals surface area contributed by atoms with E-state index in [0.29, 0.717) is 0 Å². The Morgan fingerprint density at radius 1 is 1.29 bits per heavy atom. The van der Waals surface area contributed by atoms with Gasteiger partial charge in [0.2, 0.25) is 0 Å². The fourth-order valence-corrected chi connectivity index (χ4v) is 3.49. The quantitative estimate of drug-likeness (QED) is 0.767. The van der Waals surface area contributed by atoms with Gasteiger partial charge in [0.05, 0.1) is 15.4 Å². The molecule has 5 heteroatoms. The SMILES string of the molecule is O=S1(=Nc2cc(Br)ccc2Br)CCC1. The van der Waals surface area contributed by atoms with Crippen LogP contribution in [0.1, 0.15) is 6.42 Å². The molecule has 1 fully saturated rings. The van der Waals surface area contributed by atoms with Crippen molar-refractivity contribution in [2.75, 3.05) is 11.5 Å². The van der Waals surface area contributed by atoms with Crippen LogP contribution in [0.25, 0.3) is 0 Å². The summed E-state index contributed by atoms with van der Waals surface area (Å²) in [5.74, 6) is 1.48. The molecule has 1 aromatic rings. The fraction of sp³-hybridized carbons (Fsp3) is 0.333. The smallest absolute Gasteiger partial charge is 0.0883 e. The Bertz CT molecular complexity index is 468. The molecule has 2 nitrogen and oxygen atoms in total. The van der Waals surface area contributed by atoms with Gasteiger partial charge in [-0.2, -0.15) is 4.36 Å². The molecule has 0 bridgehead atoms. The van der Waals surface area contributed by atoms with Crippen molar-refractivity contribution in [2.45, 2.75) is 6.42 Å². The lowest BCUT2D eigenvalue weighted by molar-refractivity contribution is 0.663. The Kier molecular flexibility index (Phi) is 3.00. The molecule has 76 valence electrons. The van der Waals surface area contributed by atoms with E-state index in [9.17, 15) is 4.21 Å². The Morgan fingerprint density at radius 3 is 2.57 bits per heavy atom. The average Bonchev–Trinajstić information content (AvgIpc) is 2.09. The number of hydrogen-bond acceptors (Lipinski definition) is 2. The van der Waals surface area contributed by atoms with E-state index in [1.165, 1.54) is 0 Å². The van der Waals surface area contributed by atoms with Crippen LogP contribution in [0, 0.1) is 0 Å². The van der Waals surface area contributed by atoms with Crippen LogP contribution in [0.4, 0.5) is 5.69 Å². The molecule has 0 spiro atoms. The van der Waals surface area contributed by atoms with Gasteiger partial charge in [0.25, 0.3) is 0 Å². The third-order valence-corrected chi connectivity index (χ3v) is 5.65. The second kappa shape index (κ2) is 3.94. The van der Waals surface area contributed by atoms with Crippen LogP contribution in [0.2, 0.25) is 0 Å². The number of halogens is 2. The maximum absolute atomic E-state index is 11.9. The Morgan fingerprint density at radius 2 is 2.00 bits per heavy atom. The van der Waals surface area contributed by atoms with E-state index < -0.39 is 9.73 Å². The van der Waals surface area contributed by atoms with Crippen molar-refractivity contribution in [2.24, 2.45) is 4.36 Å². The summed E-state index contributed by atoms with van der Waals surface area (Å²) in [6, 6.07) is 5.72. The summed E-state index contributed by atoms with van der Waals surface area (Å²) in [6.07, 6.45) is 1.04. The molecule has 0 aliphatic carbocycles. The highest BCUT2D eigenvalue weighted by Gasteiger charge is 2.19. The van der Waals surface area contributed by atoms with Crippen LogP contribution < -0.4 is 0 Å². The van der Waals surface area contributed by atoms with Crippen LogP contribution in [0.5, 0.6) is 0 Å². The van der Waals surface area contributed by atoms with Crippen molar-refractivity contribution in [3.05, 3.63) is 27.1 Å². The molecule has 1 aliphatic heterocycles. The summed E-state index contributed by atoms with van der Waals surface area (Å²) in [4.78, 5) is 0. The molecule has 0 amide bonds. The number of rotatable bonds is 1. The molecule has 1 aromatic carbocycles. The topological polar surface area (TPSA) is 29.4 Å². The van der Waals surface area contributed by atoms with Gasteiger partial charge < -0.3 is 0 Å². The summed E-state index contributed by atoms with van der Waals surface area (Å²) in [5, 5.41) is 0. The molecule has 0 radical (unpaired) electrons. The molecular formula is C9H9Br2NOS. The van der Waals surface area contributed by atoms with Gasteiger partial charge in [-0.3, -0.25) is 0 Å². The summed E-state index contributed by atoms with van der Waals surface area (Å²) < 4.78 is 18.0. The molecule has 2 rings (SSSR count). The van der Waals surface area contributed by atoms with E-state index >= 15 is 0 Å². The molecule has 0 N–H and O–H groups in total. The van der Waals surface area contributed by atoms with Gasteiger partial charge in [-0.15, -0.1) is 0 Å². The van der Waals surface area contributed by atoms with Crippen LogP contribution in [0.15, 0.2) is 31.5 Å². The van der Waals surface area contributed by atoms with Crippen LogP contribution in [-0.2, 0) is 9.73 Å². The first-order valence-electron chi connectivity index (χ1n) is 4.27. The molecular weight excluding hydrogens is 330 g/mol. The molecule has 0 aromatic heterocycles. The molecule has 1 heterocycles. The predicted octanol–water partition coefficient (Wildman–Crippen LogP) is 3.71. The van der Waals surface area contributed by atoms with Gasteiger partial charge >= 0.3 is 0 Å². The first-order chi connectivity index (χ1) is 6.59. The van der Waals surface area contributed by atoms with Crippen LogP contribution in [0.3, 0.4) is 0 Å². The highest BCUT2D eigenvalue weighted by atomic mass is 79.9. The van der Waals surface area contributed by atoms with Crippen LogP contribution in [-0.4, -0.2) is 15.7 Å². The zero-order chi connectivity index (χ0) is 10.2. The van der Waals surface area contributed by atoms with Crippen LogP contribution >= 0.6 is 31.9 Å². The normalized spacial score (nSPS) is 18.7. The Balaban J connectivity index is 2.47. The zero-order valence-corrected chi connectivity index (χ0v) is 11.4. The number of benzene rings is 1. The minimum atomic E-state index is -1.91. The monoisotopic (exact) mass is 337 g/mol. The fourth-order valence-electron chi connectivity index (χ4n) is 1.22. The van der Waals surface area contributed by atoms with Crippen molar-refractivity contribution in [1.82, 2.24) is 0 Å². The highest BCUT2D eigenvalue weighted by Crippen LogP contribution is 2.31. The van der Waals surface area contributed by atoms with E-state index in [0.717, 1.165) is 32.6 Å². The molecule has 0 saturated carbocycles. The van der Waals surface area contributed by atoms with Crippen molar-refractivity contribution >= 4 is 47.3 Å². The third kappa shape index (κ3) is 2.20. The van der Waals surface area contributed by atoms with E-state index in [4.69, 9.17) is 0 Å². The molecule has 1 saturated heterocycles. The largest absolute Gasteiger partial charge is 0.249 e. The average molecular weight is 339 g/mol. The Labute approximate surface area is 101 Å². The van der Waals surface area contributed by atoms with E-state index in [1.54, 1.807) is 0 Å². The summed E-state index contributed by atoms with van der Waals surface area (Å²) in [7, 11) is -1.91. The minimum Gasteiger partial charge on any atom is -0.249 e. The van der Waals surface area contributed by atoms with Gasteiger partial charge in [0.1, 0.15) is 0 Å². The highest BCUT2D eigenvalue weighted by molar-refractivity contribution is 9.11. The van der Waals surface area contributed by atoms with Gasteiger partial charge in [0, 0.05) is 20.5 Å². The lowest BCUT2D eigenvalue weighted by Crippen LogP contribution is -2.22. The number of nitrogens with zero attached hydrogens (tertiary/aromatic N) is 1. The predicted molar refractivity (Wildman–Crippen MR) is 66.4 cm³/mol. The van der Waals surface area contributed by atoms with Crippen molar-refractivity contribution < 1.29 is 4.21 Å². The molecule has 0 atom stereocenters. The van der Waals surface area contributed by atoms with Gasteiger partial charge in [-0.25, -0.2) is 4.21 Å². The van der Waals surface area contributed by atoms with Gasteiger partial charge in [-0.05, 0) is 40.5 Å².